The zero-order valence-electron chi connectivity index (χ0n) is 20.7. The largest absolute Gasteiger partial charge is 0.490 e. The minimum atomic E-state index is -5.08. The van der Waals surface area contributed by atoms with Gasteiger partial charge in [-0.05, 0) is 44.2 Å². The van der Waals surface area contributed by atoms with E-state index in [0.717, 1.165) is 42.6 Å². The number of aromatic nitrogens is 1. The number of piperazine rings is 1. The zero-order valence-corrected chi connectivity index (χ0v) is 21.5. The molecular weight excluding hydrogens is 523 g/mol. The van der Waals surface area contributed by atoms with Gasteiger partial charge in [0.25, 0.3) is 0 Å². The summed E-state index contributed by atoms with van der Waals surface area (Å²) < 4.78 is 37.6. The van der Waals surface area contributed by atoms with Gasteiger partial charge >= 0.3 is 12.1 Å². The highest BCUT2D eigenvalue weighted by atomic mass is 32.1. The fraction of sp³-hybridized carbons (Fsp3) is 0.320. The summed E-state index contributed by atoms with van der Waals surface area (Å²) in [5.41, 5.74) is 9.72. The van der Waals surface area contributed by atoms with Crippen LogP contribution in [0.2, 0.25) is 0 Å². The number of benzene rings is 2. The molecular formula is C25H28F3N5O4S. The van der Waals surface area contributed by atoms with Gasteiger partial charge in [-0.15, -0.1) is 11.3 Å². The first-order valence-electron chi connectivity index (χ1n) is 11.6. The van der Waals surface area contributed by atoms with E-state index in [1.54, 1.807) is 18.2 Å². The average molecular weight is 552 g/mol. The molecule has 0 unspecified atom stereocenters. The van der Waals surface area contributed by atoms with Crippen molar-refractivity contribution in [3.05, 3.63) is 53.4 Å². The number of halogens is 3. The van der Waals surface area contributed by atoms with E-state index < -0.39 is 18.1 Å². The minimum absolute atomic E-state index is 0.000957. The third-order valence-electron chi connectivity index (χ3n) is 5.26. The molecule has 204 valence electrons. The summed E-state index contributed by atoms with van der Waals surface area (Å²) in [6.45, 7) is 7.99. The number of nitrogens with zero attached hydrogens (tertiary/aromatic N) is 2. The van der Waals surface area contributed by atoms with Gasteiger partial charge in [0.2, 0.25) is 5.91 Å². The monoisotopic (exact) mass is 551 g/mol. The van der Waals surface area contributed by atoms with Gasteiger partial charge in [0.05, 0.1) is 17.5 Å². The van der Waals surface area contributed by atoms with Crippen LogP contribution in [0.3, 0.4) is 0 Å². The molecule has 1 amide bonds. The summed E-state index contributed by atoms with van der Waals surface area (Å²) in [6, 6.07) is 13.6. The Balaban J connectivity index is 0.000000505. The summed E-state index contributed by atoms with van der Waals surface area (Å²) in [5, 5.41) is 16.5. The minimum Gasteiger partial charge on any atom is -0.489 e. The number of anilines is 3. The molecule has 2 aromatic carbocycles. The van der Waals surface area contributed by atoms with E-state index in [-0.39, 0.29) is 6.10 Å². The number of amides is 1. The number of carboxylic acids is 1. The maximum Gasteiger partial charge on any atom is 0.490 e. The Bertz CT molecular complexity index is 1240. The maximum atomic E-state index is 11.6. The smallest absolute Gasteiger partial charge is 0.489 e. The van der Waals surface area contributed by atoms with Gasteiger partial charge in [0.1, 0.15) is 5.75 Å². The number of ether oxygens (including phenoxy) is 1. The predicted molar refractivity (Wildman–Crippen MR) is 140 cm³/mol. The Morgan fingerprint density at radius 1 is 1.16 bits per heavy atom. The fourth-order valence-corrected chi connectivity index (χ4v) is 4.21. The highest BCUT2D eigenvalue weighted by Gasteiger charge is 2.38. The van der Waals surface area contributed by atoms with Crippen molar-refractivity contribution in [2.24, 2.45) is 5.73 Å². The number of aliphatic carboxylic acids is 1. The molecule has 1 saturated heterocycles. The van der Waals surface area contributed by atoms with Gasteiger partial charge < -0.3 is 31.1 Å². The first kappa shape index (κ1) is 28.7. The normalized spacial score (nSPS) is 13.5. The van der Waals surface area contributed by atoms with Crippen LogP contribution in [0.25, 0.3) is 11.3 Å². The number of carbonyl (C=O) groups excluding carboxylic acids is 1. The average Bonchev–Trinajstić information content (AvgIpc) is 3.33. The van der Waals surface area contributed by atoms with Crippen molar-refractivity contribution < 1.29 is 32.6 Å². The van der Waals surface area contributed by atoms with Crippen LogP contribution < -0.4 is 26.0 Å². The van der Waals surface area contributed by atoms with E-state index in [1.165, 1.54) is 17.0 Å². The molecule has 3 aromatic rings. The summed E-state index contributed by atoms with van der Waals surface area (Å²) in [4.78, 5) is 27.6. The SMILES string of the molecule is CC(C)Oc1ccc(C(N)=O)cc1Nc1nc(-c2ccc(N3CCNCC3)cc2)cs1.O=C(O)C(F)(F)F. The topological polar surface area (TPSA) is 130 Å². The molecule has 38 heavy (non-hydrogen) atoms. The first-order valence-corrected chi connectivity index (χ1v) is 12.5. The van der Waals surface area contributed by atoms with Crippen LogP contribution in [0.1, 0.15) is 24.2 Å². The van der Waals surface area contributed by atoms with Crippen molar-refractivity contribution in [1.82, 2.24) is 10.3 Å². The summed E-state index contributed by atoms with van der Waals surface area (Å²) in [6.07, 6.45) is -5.08. The highest BCUT2D eigenvalue weighted by Crippen LogP contribution is 2.33. The fourth-order valence-electron chi connectivity index (χ4n) is 3.48. The van der Waals surface area contributed by atoms with Gasteiger partial charge in [-0.2, -0.15) is 13.2 Å². The number of nitrogens with two attached hydrogens (primary N) is 1. The Hall–Kier alpha value is -3.84. The van der Waals surface area contributed by atoms with Crippen molar-refractivity contribution in [1.29, 1.82) is 0 Å². The van der Waals surface area contributed by atoms with Crippen LogP contribution in [-0.2, 0) is 4.79 Å². The second-order valence-electron chi connectivity index (χ2n) is 8.49. The molecule has 4 rings (SSSR count). The van der Waals surface area contributed by atoms with Crippen molar-refractivity contribution in [3.63, 3.8) is 0 Å². The lowest BCUT2D eigenvalue weighted by Gasteiger charge is -2.29. The first-order chi connectivity index (χ1) is 17.9. The molecule has 2 heterocycles. The molecule has 0 bridgehead atoms. The molecule has 0 spiro atoms. The molecule has 1 aliphatic heterocycles. The van der Waals surface area contributed by atoms with E-state index in [9.17, 15) is 18.0 Å². The van der Waals surface area contributed by atoms with Crippen LogP contribution >= 0.6 is 11.3 Å². The van der Waals surface area contributed by atoms with Gasteiger partial charge in [0, 0.05) is 48.4 Å². The van der Waals surface area contributed by atoms with Gasteiger partial charge in [-0.3, -0.25) is 4.79 Å². The number of carbonyl (C=O) groups is 2. The van der Waals surface area contributed by atoms with E-state index in [2.05, 4.69) is 39.8 Å². The number of primary amides is 1. The number of alkyl halides is 3. The third kappa shape index (κ3) is 8.08. The Labute approximate surface area is 221 Å². The lowest BCUT2D eigenvalue weighted by Crippen LogP contribution is -2.43. The number of hydrogen-bond donors (Lipinski definition) is 4. The van der Waals surface area contributed by atoms with E-state index in [0.29, 0.717) is 17.0 Å². The van der Waals surface area contributed by atoms with Crippen LogP contribution in [0.15, 0.2) is 47.8 Å². The van der Waals surface area contributed by atoms with Gasteiger partial charge in [0.15, 0.2) is 5.13 Å². The van der Waals surface area contributed by atoms with Crippen LogP contribution in [0.5, 0.6) is 5.75 Å². The van der Waals surface area contributed by atoms with Crippen LogP contribution in [0.4, 0.5) is 29.7 Å². The Kier molecular flexibility index (Phi) is 9.53. The molecule has 9 nitrogen and oxygen atoms in total. The van der Waals surface area contributed by atoms with Gasteiger partial charge in [-0.1, -0.05) is 12.1 Å². The van der Waals surface area contributed by atoms with Crippen molar-refractivity contribution in [3.8, 4) is 17.0 Å². The van der Waals surface area contributed by atoms with Crippen molar-refractivity contribution in [2.75, 3.05) is 36.4 Å². The second kappa shape index (κ2) is 12.6. The predicted octanol–water partition coefficient (Wildman–Crippen LogP) is 4.48. The molecule has 1 fully saturated rings. The summed E-state index contributed by atoms with van der Waals surface area (Å²) in [7, 11) is 0. The van der Waals surface area contributed by atoms with Crippen LogP contribution in [-0.4, -0.2) is 60.4 Å². The number of carboxylic acid groups (broad SMARTS) is 1. The van der Waals surface area contributed by atoms with E-state index in [4.69, 9.17) is 25.4 Å². The standard InChI is InChI=1S/C23H27N5O2S.C2HF3O2/c1-15(2)30-21-8-5-17(22(24)29)13-19(21)26-23-27-20(14-31-23)16-3-6-18(7-4-16)28-11-9-25-10-12-28;3-2(4,5)1(6)7/h3-8,13-15,25H,9-12H2,1-2H3,(H2,24,29)(H,26,27);(H,6,7). The number of thiazole rings is 1. The van der Waals surface area contributed by atoms with E-state index >= 15 is 0 Å². The summed E-state index contributed by atoms with van der Waals surface area (Å²) in [5.74, 6) is -2.59. The zero-order chi connectivity index (χ0) is 27.9. The second-order valence-corrected chi connectivity index (χ2v) is 9.35. The van der Waals surface area contributed by atoms with Crippen LogP contribution in [0, 0.1) is 0 Å². The quantitative estimate of drug-likeness (QED) is 0.338. The van der Waals surface area contributed by atoms with Gasteiger partial charge in [-0.25, -0.2) is 9.78 Å². The maximum absolute atomic E-state index is 11.6. The molecule has 0 aliphatic carbocycles. The number of rotatable bonds is 7. The van der Waals surface area contributed by atoms with Crippen molar-refractivity contribution >= 4 is 39.7 Å². The highest BCUT2D eigenvalue weighted by molar-refractivity contribution is 7.14. The lowest BCUT2D eigenvalue weighted by molar-refractivity contribution is -0.192. The number of hydrogen-bond acceptors (Lipinski definition) is 8. The number of nitrogens with one attached hydrogen (secondary N) is 2. The molecule has 0 saturated carbocycles. The molecule has 1 aromatic heterocycles. The molecule has 0 radical (unpaired) electrons. The summed E-state index contributed by atoms with van der Waals surface area (Å²) >= 11 is 1.50. The molecule has 1 aliphatic rings. The molecule has 5 N–H and O–H groups in total. The Morgan fingerprint density at radius 2 is 1.79 bits per heavy atom. The third-order valence-corrected chi connectivity index (χ3v) is 6.02. The van der Waals surface area contributed by atoms with E-state index in [1.807, 2.05) is 19.2 Å². The molecule has 0 atom stereocenters. The van der Waals surface area contributed by atoms with Crippen molar-refractivity contribution in [2.45, 2.75) is 26.1 Å². The lowest BCUT2D eigenvalue weighted by atomic mass is 10.1. The Morgan fingerprint density at radius 3 is 2.34 bits per heavy atom. The molecule has 13 heteroatoms.